The molecule has 2 N–H and O–H groups in total. The van der Waals surface area contributed by atoms with Crippen LogP contribution in [0.3, 0.4) is 0 Å². The minimum atomic E-state index is -0.676. The van der Waals surface area contributed by atoms with Crippen molar-refractivity contribution in [2.45, 2.75) is 6.92 Å². The summed E-state index contributed by atoms with van der Waals surface area (Å²) in [5.74, 6) is -0.603. The Kier molecular flexibility index (Phi) is 6.68. The topological polar surface area (TPSA) is 76.7 Å². The number of carbonyl (C=O) groups is 2. The Morgan fingerprint density at radius 2 is 1.63 bits per heavy atom. The third kappa shape index (κ3) is 5.36. The van der Waals surface area contributed by atoms with Crippen LogP contribution >= 0.6 is 15.9 Å². The van der Waals surface area contributed by atoms with Crippen molar-refractivity contribution in [3.8, 4) is 17.2 Å². The number of hydrogen-bond acceptors (Lipinski definition) is 4. The van der Waals surface area contributed by atoms with E-state index in [1.807, 2.05) is 0 Å². The second-order valence-electron chi connectivity index (χ2n) is 6.25. The Bertz CT molecular complexity index is 1090. The quantitative estimate of drug-likeness (QED) is 0.489. The van der Waals surface area contributed by atoms with Gasteiger partial charge in [0.15, 0.2) is 11.6 Å². The highest BCUT2D eigenvalue weighted by atomic mass is 79.9. The summed E-state index contributed by atoms with van der Waals surface area (Å²) in [5, 5.41) is 5.29. The molecule has 0 aromatic heterocycles. The molecule has 0 spiro atoms. The lowest BCUT2D eigenvalue weighted by Crippen LogP contribution is -2.14. The summed E-state index contributed by atoms with van der Waals surface area (Å²) >= 11 is 3.32. The predicted octanol–water partition coefficient (Wildman–Crippen LogP) is 5.60. The maximum Gasteiger partial charge on any atom is 0.255 e. The van der Waals surface area contributed by atoms with Crippen molar-refractivity contribution in [2.75, 3.05) is 17.7 Å². The maximum atomic E-state index is 14.5. The van der Waals surface area contributed by atoms with Gasteiger partial charge in [-0.2, -0.15) is 0 Å². The first-order chi connectivity index (χ1) is 14.4. The zero-order valence-electron chi connectivity index (χ0n) is 16.2. The molecule has 8 heteroatoms. The Morgan fingerprint density at radius 3 is 2.27 bits per heavy atom. The molecule has 30 heavy (non-hydrogen) atoms. The van der Waals surface area contributed by atoms with Gasteiger partial charge < -0.3 is 20.1 Å². The number of amides is 2. The van der Waals surface area contributed by atoms with Crippen molar-refractivity contribution in [1.29, 1.82) is 0 Å². The van der Waals surface area contributed by atoms with Gasteiger partial charge in [0.2, 0.25) is 5.91 Å². The van der Waals surface area contributed by atoms with Gasteiger partial charge in [-0.05, 0) is 60.7 Å². The van der Waals surface area contributed by atoms with Gasteiger partial charge in [-0.3, -0.25) is 9.59 Å². The minimum absolute atomic E-state index is 0.000825. The van der Waals surface area contributed by atoms with E-state index in [-0.39, 0.29) is 17.2 Å². The van der Waals surface area contributed by atoms with Crippen molar-refractivity contribution in [1.82, 2.24) is 0 Å². The fourth-order valence-electron chi connectivity index (χ4n) is 2.64. The number of carbonyl (C=O) groups excluding carboxylic acids is 2. The Balaban J connectivity index is 1.78. The molecule has 0 fully saturated rings. The van der Waals surface area contributed by atoms with E-state index >= 15 is 0 Å². The molecule has 6 nitrogen and oxygen atoms in total. The number of anilines is 2. The van der Waals surface area contributed by atoms with Crippen LogP contribution in [0.5, 0.6) is 17.2 Å². The van der Waals surface area contributed by atoms with Crippen molar-refractivity contribution >= 4 is 39.1 Å². The van der Waals surface area contributed by atoms with Gasteiger partial charge in [-0.1, -0.05) is 15.9 Å². The van der Waals surface area contributed by atoms with Crippen LogP contribution < -0.4 is 20.1 Å². The van der Waals surface area contributed by atoms with Gasteiger partial charge in [0.1, 0.15) is 11.5 Å². The van der Waals surface area contributed by atoms with Crippen LogP contribution in [0.25, 0.3) is 0 Å². The third-order valence-electron chi connectivity index (χ3n) is 4.00. The maximum absolute atomic E-state index is 14.5. The Hall–Kier alpha value is -3.39. The summed E-state index contributed by atoms with van der Waals surface area (Å²) in [4.78, 5) is 23.9. The summed E-state index contributed by atoms with van der Waals surface area (Å²) in [6.45, 7) is 1.38. The van der Waals surface area contributed by atoms with Crippen molar-refractivity contribution < 1.29 is 23.5 Å². The van der Waals surface area contributed by atoms with Gasteiger partial charge in [0, 0.05) is 22.6 Å². The highest BCUT2D eigenvalue weighted by Gasteiger charge is 2.14. The standard InChI is InChI=1S/C22H18BrFN2O4/c1-13(27)25-16-6-10-21(29-2)19(12-16)26-22(28)14-3-9-20(18(24)11-14)30-17-7-4-15(23)5-8-17/h3-12H,1-2H3,(H,25,27)(H,26,28). The van der Waals surface area contributed by atoms with Gasteiger partial charge in [0.25, 0.3) is 5.91 Å². The fourth-order valence-corrected chi connectivity index (χ4v) is 2.90. The van der Waals surface area contributed by atoms with E-state index in [1.165, 1.54) is 26.2 Å². The molecule has 0 radical (unpaired) electrons. The lowest BCUT2D eigenvalue weighted by molar-refractivity contribution is -0.114. The minimum Gasteiger partial charge on any atom is -0.495 e. The monoisotopic (exact) mass is 472 g/mol. The van der Waals surface area contributed by atoms with Crippen LogP contribution in [0, 0.1) is 5.82 Å². The first-order valence-corrected chi connectivity index (χ1v) is 9.65. The van der Waals surface area contributed by atoms with Crippen molar-refractivity contribution in [2.24, 2.45) is 0 Å². The summed E-state index contributed by atoms with van der Waals surface area (Å²) in [6, 6.07) is 15.7. The Labute approximate surface area is 181 Å². The lowest BCUT2D eigenvalue weighted by Gasteiger charge is -2.13. The van der Waals surface area contributed by atoms with E-state index in [2.05, 4.69) is 26.6 Å². The second-order valence-corrected chi connectivity index (χ2v) is 7.17. The van der Waals surface area contributed by atoms with Gasteiger partial charge in [-0.15, -0.1) is 0 Å². The van der Waals surface area contributed by atoms with Crippen LogP contribution in [-0.4, -0.2) is 18.9 Å². The third-order valence-corrected chi connectivity index (χ3v) is 4.53. The molecule has 0 saturated carbocycles. The number of halogens is 2. The fraction of sp³-hybridized carbons (Fsp3) is 0.0909. The van der Waals surface area contributed by atoms with E-state index in [1.54, 1.807) is 42.5 Å². The average Bonchev–Trinajstić information content (AvgIpc) is 2.71. The number of methoxy groups -OCH3 is 1. The predicted molar refractivity (Wildman–Crippen MR) is 116 cm³/mol. The molecule has 0 unspecified atom stereocenters. The van der Waals surface area contributed by atoms with E-state index < -0.39 is 11.7 Å². The normalized spacial score (nSPS) is 10.3. The van der Waals surface area contributed by atoms with Crippen LogP contribution in [0.4, 0.5) is 15.8 Å². The lowest BCUT2D eigenvalue weighted by atomic mass is 10.1. The molecule has 0 aliphatic heterocycles. The van der Waals surface area contributed by atoms with Crippen molar-refractivity contribution in [3.05, 3.63) is 76.5 Å². The average molecular weight is 473 g/mol. The first kappa shape index (κ1) is 21.3. The van der Waals surface area contributed by atoms with E-state index in [0.29, 0.717) is 22.9 Å². The molecule has 0 aliphatic rings. The molecule has 2 amide bonds. The zero-order chi connectivity index (χ0) is 21.7. The molecule has 154 valence electrons. The van der Waals surface area contributed by atoms with Crippen LogP contribution in [0.15, 0.2) is 65.1 Å². The summed E-state index contributed by atoms with van der Waals surface area (Å²) in [5.41, 5.74) is 0.926. The number of hydrogen-bond donors (Lipinski definition) is 2. The van der Waals surface area contributed by atoms with E-state index in [4.69, 9.17) is 9.47 Å². The van der Waals surface area contributed by atoms with Gasteiger partial charge >= 0.3 is 0 Å². The largest absolute Gasteiger partial charge is 0.495 e. The number of nitrogens with one attached hydrogen (secondary N) is 2. The summed E-state index contributed by atoms with van der Waals surface area (Å²) < 4.78 is 26.1. The smallest absolute Gasteiger partial charge is 0.255 e. The van der Waals surface area contributed by atoms with E-state index in [0.717, 1.165) is 10.5 Å². The number of ether oxygens (including phenoxy) is 2. The molecule has 3 rings (SSSR count). The van der Waals surface area contributed by atoms with Gasteiger partial charge in [-0.25, -0.2) is 4.39 Å². The van der Waals surface area contributed by atoms with Crippen LogP contribution in [0.1, 0.15) is 17.3 Å². The molecule has 0 heterocycles. The highest BCUT2D eigenvalue weighted by molar-refractivity contribution is 9.10. The van der Waals surface area contributed by atoms with E-state index in [9.17, 15) is 14.0 Å². The first-order valence-electron chi connectivity index (χ1n) is 8.85. The summed E-state index contributed by atoms with van der Waals surface area (Å²) in [7, 11) is 1.46. The molecule has 0 bridgehead atoms. The zero-order valence-corrected chi connectivity index (χ0v) is 17.7. The molecule has 3 aromatic rings. The molecule has 0 saturated heterocycles. The molecular weight excluding hydrogens is 455 g/mol. The number of rotatable bonds is 6. The van der Waals surface area contributed by atoms with Crippen LogP contribution in [0.2, 0.25) is 0 Å². The van der Waals surface area contributed by atoms with Crippen molar-refractivity contribution in [3.63, 3.8) is 0 Å². The highest BCUT2D eigenvalue weighted by Crippen LogP contribution is 2.30. The van der Waals surface area contributed by atoms with Crippen LogP contribution in [-0.2, 0) is 4.79 Å². The Morgan fingerprint density at radius 1 is 0.933 bits per heavy atom. The number of benzene rings is 3. The molecular formula is C22H18BrFN2O4. The second kappa shape index (κ2) is 9.41. The molecule has 0 aliphatic carbocycles. The van der Waals surface area contributed by atoms with Gasteiger partial charge in [0.05, 0.1) is 12.8 Å². The SMILES string of the molecule is COc1ccc(NC(C)=O)cc1NC(=O)c1ccc(Oc2ccc(Br)cc2)c(F)c1. The summed E-state index contributed by atoms with van der Waals surface area (Å²) in [6.07, 6.45) is 0. The molecule has 0 atom stereocenters. The molecule has 3 aromatic carbocycles.